The molecule has 1 aromatic carbocycles. The Balaban J connectivity index is 1.93. The third kappa shape index (κ3) is 7.29. The summed E-state index contributed by atoms with van der Waals surface area (Å²) >= 11 is 6.20. The molecule has 1 saturated heterocycles. The average molecular weight is 416 g/mol. The molecule has 0 radical (unpaired) electrons. The minimum absolute atomic E-state index is 0.301. The van der Waals surface area contributed by atoms with Gasteiger partial charge < -0.3 is 10.6 Å². The van der Waals surface area contributed by atoms with E-state index < -0.39 is 10.0 Å². The highest BCUT2D eigenvalue weighted by Crippen LogP contribution is 2.35. The summed E-state index contributed by atoms with van der Waals surface area (Å²) in [5.41, 5.74) is 1.23. The predicted octanol–water partition coefficient (Wildman–Crippen LogP) is 1.44. The molecule has 152 valence electrons. The van der Waals surface area contributed by atoms with E-state index in [-0.39, 0.29) is 0 Å². The van der Waals surface area contributed by atoms with Crippen LogP contribution in [0.5, 0.6) is 0 Å². The molecule has 2 rings (SSSR count). The van der Waals surface area contributed by atoms with Gasteiger partial charge >= 0.3 is 0 Å². The smallest absolute Gasteiger partial charge is 0.208 e. The van der Waals surface area contributed by atoms with Crippen molar-refractivity contribution in [2.24, 2.45) is 10.9 Å². The number of piperidine rings is 1. The number of aliphatic imine (C=N–C) groups is 1. The topological polar surface area (TPSA) is 85.8 Å². The van der Waals surface area contributed by atoms with Gasteiger partial charge in [0.1, 0.15) is 0 Å². The van der Waals surface area contributed by atoms with Gasteiger partial charge in [0.15, 0.2) is 5.96 Å². The molecular weight excluding hydrogens is 386 g/mol. The van der Waals surface area contributed by atoms with Gasteiger partial charge in [-0.2, -0.15) is 0 Å². The van der Waals surface area contributed by atoms with Crippen LogP contribution in [0.2, 0.25) is 5.02 Å². The van der Waals surface area contributed by atoms with Crippen LogP contribution in [-0.2, 0) is 10.0 Å². The first-order valence-electron chi connectivity index (χ1n) is 9.15. The van der Waals surface area contributed by atoms with E-state index >= 15 is 0 Å². The number of benzene rings is 1. The van der Waals surface area contributed by atoms with Gasteiger partial charge in [0.2, 0.25) is 10.0 Å². The second kappa shape index (κ2) is 10.3. The maximum absolute atomic E-state index is 11.1. The standard InChI is InChI=1S/C18H30ClN5O2S/c1-20-18(21-9-10-23-27(3,25)26)22-13-15-7-5-11-24(2)17(15)14-6-4-8-16(19)12-14/h4,6,8,12,15,17,23H,5,7,9-11,13H2,1-3H3,(H2,20,21,22). The Kier molecular flexibility index (Phi) is 8.34. The normalized spacial score (nSPS) is 21.9. The largest absolute Gasteiger partial charge is 0.356 e. The van der Waals surface area contributed by atoms with Crippen molar-refractivity contribution in [1.82, 2.24) is 20.3 Å². The highest BCUT2D eigenvalue weighted by molar-refractivity contribution is 7.88. The molecule has 0 aromatic heterocycles. The maximum atomic E-state index is 11.1. The molecule has 0 spiro atoms. The Bertz CT molecular complexity index is 741. The Hall–Kier alpha value is -1.35. The molecule has 2 atom stereocenters. The van der Waals surface area contributed by atoms with Crippen LogP contribution in [0, 0.1) is 5.92 Å². The van der Waals surface area contributed by atoms with Crippen molar-refractivity contribution < 1.29 is 8.42 Å². The molecule has 0 aliphatic carbocycles. The molecule has 1 heterocycles. The van der Waals surface area contributed by atoms with Crippen LogP contribution in [0.25, 0.3) is 0 Å². The zero-order valence-corrected chi connectivity index (χ0v) is 17.8. The Morgan fingerprint density at radius 1 is 1.33 bits per heavy atom. The number of halogens is 1. The summed E-state index contributed by atoms with van der Waals surface area (Å²) in [5.74, 6) is 1.10. The molecule has 1 fully saturated rings. The Morgan fingerprint density at radius 2 is 2.11 bits per heavy atom. The molecule has 0 saturated carbocycles. The Labute approximate surface area is 167 Å². The number of hydrogen-bond donors (Lipinski definition) is 3. The molecule has 7 nitrogen and oxygen atoms in total. The van der Waals surface area contributed by atoms with Gasteiger partial charge in [-0.25, -0.2) is 13.1 Å². The van der Waals surface area contributed by atoms with Crippen LogP contribution >= 0.6 is 11.6 Å². The fraction of sp³-hybridized carbons (Fsp3) is 0.611. The van der Waals surface area contributed by atoms with E-state index in [1.54, 1.807) is 7.05 Å². The van der Waals surface area contributed by atoms with Crippen molar-refractivity contribution in [3.63, 3.8) is 0 Å². The summed E-state index contributed by atoms with van der Waals surface area (Å²) in [6, 6.07) is 8.38. The number of guanidine groups is 1. The third-order valence-electron chi connectivity index (χ3n) is 4.73. The minimum atomic E-state index is -3.17. The maximum Gasteiger partial charge on any atom is 0.208 e. The van der Waals surface area contributed by atoms with Gasteiger partial charge in [0.05, 0.1) is 6.26 Å². The van der Waals surface area contributed by atoms with Crippen molar-refractivity contribution in [3.8, 4) is 0 Å². The minimum Gasteiger partial charge on any atom is -0.356 e. The number of nitrogens with zero attached hydrogens (tertiary/aromatic N) is 2. The zero-order chi connectivity index (χ0) is 19.9. The summed E-state index contributed by atoms with van der Waals surface area (Å²) in [6.07, 6.45) is 3.43. The van der Waals surface area contributed by atoms with Gasteiger partial charge in [0, 0.05) is 37.7 Å². The third-order valence-corrected chi connectivity index (χ3v) is 5.70. The van der Waals surface area contributed by atoms with Gasteiger partial charge in [-0.3, -0.25) is 9.89 Å². The summed E-state index contributed by atoms with van der Waals surface area (Å²) in [4.78, 5) is 6.60. The fourth-order valence-electron chi connectivity index (χ4n) is 3.56. The highest BCUT2D eigenvalue weighted by atomic mass is 35.5. The molecule has 9 heteroatoms. The van der Waals surface area contributed by atoms with Crippen LogP contribution in [0.15, 0.2) is 29.3 Å². The fourth-order valence-corrected chi connectivity index (χ4v) is 4.23. The van der Waals surface area contributed by atoms with E-state index in [4.69, 9.17) is 11.6 Å². The van der Waals surface area contributed by atoms with Gasteiger partial charge in [-0.1, -0.05) is 23.7 Å². The van der Waals surface area contributed by atoms with Crippen LogP contribution < -0.4 is 15.4 Å². The summed E-state index contributed by atoms with van der Waals surface area (Å²) in [7, 11) is 0.691. The molecule has 0 bridgehead atoms. The molecule has 1 aromatic rings. The lowest BCUT2D eigenvalue weighted by atomic mass is 9.85. The lowest BCUT2D eigenvalue weighted by Gasteiger charge is -2.40. The van der Waals surface area contributed by atoms with E-state index in [9.17, 15) is 8.42 Å². The van der Waals surface area contributed by atoms with Crippen LogP contribution in [0.1, 0.15) is 24.4 Å². The lowest BCUT2D eigenvalue weighted by Crippen LogP contribution is -2.46. The second-order valence-electron chi connectivity index (χ2n) is 6.93. The summed E-state index contributed by atoms with van der Waals surface area (Å²) < 4.78 is 24.7. The number of nitrogens with one attached hydrogen (secondary N) is 3. The van der Waals surface area contributed by atoms with Crippen molar-refractivity contribution in [3.05, 3.63) is 34.9 Å². The van der Waals surface area contributed by atoms with Crippen molar-refractivity contribution in [1.29, 1.82) is 0 Å². The highest BCUT2D eigenvalue weighted by Gasteiger charge is 2.30. The van der Waals surface area contributed by atoms with E-state index in [2.05, 4.69) is 38.4 Å². The quantitative estimate of drug-likeness (QED) is 0.356. The molecule has 0 amide bonds. The number of hydrogen-bond acceptors (Lipinski definition) is 4. The van der Waals surface area contributed by atoms with Gasteiger partial charge in [-0.15, -0.1) is 0 Å². The number of sulfonamides is 1. The van der Waals surface area contributed by atoms with E-state index in [1.165, 1.54) is 5.56 Å². The SMILES string of the molecule is CN=C(NCCNS(C)(=O)=O)NCC1CCCN(C)C1c1cccc(Cl)c1. The average Bonchev–Trinajstić information content (AvgIpc) is 2.60. The lowest BCUT2D eigenvalue weighted by molar-refractivity contribution is 0.122. The van der Waals surface area contributed by atoms with E-state index in [0.717, 1.165) is 37.2 Å². The molecule has 27 heavy (non-hydrogen) atoms. The first kappa shape index (κ1) is 21.9. The van der Waals surface area contributed by atoms with Crippen LogP contribution in [-0.4, -0.2) is 65.8 Å². The van der Waals surface area contributed by atoms with Crippen LogP contribution in [0.3, 0.4) is 0 Å². The number of likely N-dealkylation sites (tertiary alicyclic amines) is 1. The summed E-state index contributed by atoms with van der Waals surface area (Å²) in [5, 5.41) is 7.27. The van der Waals surface area contributed by atoms with E-state index in [1.807, 2.05) is 18.2 Å². The summed E-state index contributed by atoms with van der Waals surface area (Å²) in [6.45, 7) is 2.63. The number of rotatable bonds is 7. The molecule has 1 aliphatic heterocycles. The molecule has 1 aliphatic rings. The molecular formula is C18H30ClN5O2S. The van der Waals surface area contributed by atoms with Crippen molar-refractivity contribution >= 4 is 27.6 Å². The van der Waals surface area contributed by atoms with Crippen molar-refractivity contribution in [2.75, 3.05) is 46.5 Å². The monoisotopic (exact) mass is 415 g/mol. The molecule has 3 N–H and O–H groups in total. The zero-order valence-electron chi connectivity index (χ0n) is 16.2. The van der Waals surface area contributed by atoms with Crippen LogP contribution in [0.4, 0.5) is 0 Å². The first-order valence-corrected chi connectivity index (χ1v) is 11.4. The van der Waals surface area contributed by atoms with Gasteiger partial charge in [0.25, 0.3) is 0 Å². The molecule has 2 unspecified atom stereocenters. The van der Waals surface area contributed by atoms with Gasteiger partial charge in [-0.05, 0) is 50.0 Å². The van der Waals surface area contributed by atoms with E-state index in [0.29, 0.717) is 31.0 Å². The first-order chi connectivity index (χ1) is 12.8. The second-order valence-corrected chi connectivity index (χ2v) is 9.20. The predicted molar refractivity (Wildman–Crippen MR) is 112 cm³/mol. The Morgan fingerprint density at radius 3 is 2.78 bits per heavy atom. The van der Waals surface area contributed by atoms with Crippen molar-refractivity contribution in [2.45, 2.75) is 18.9 Å².